The predicted octanol–water partition coefficient (Wildman–Crippen LogP) is 1.49. The van der Waals surface area contributed by atoms with E-state index >= 15 is 0 Å². The molecule has 2 atom stereocenters. The minimum atomic E-state index is 0.0625. The molecular weight excluding hydrogens is 184 g/mol. The number of ether oxygens (including phenoxy) is 1. The van der Waals surface area contributed by atoms with Crippen molar-refractivity contribution in [3.63, 3.8) is 0 Å². The number of aromatic nitrogens is 1. The molecule has 0 aromatic carbocycles. The second kappa shape index (κ2) is 3.74. The molecule has 2 rings (SSSR count). The fourth-order valence-electron chi connectivity index (χ4n) is 1.61. The van der Waals surface area contributed by atoms with E-state index in [2.05, 4.69) is 10.4 Å². The maximum absolute atomic E-state index is 6.08. The quantitative estimate of drug-likeness (QED) is 0.783. The van der Waals surface area contributed by atoms with Gasteiger partial charge in [-0.3, -0.25) is 0 Å². The van der Waals surface area contributed by atoms with Gasteiger partial charge in [0.2, 0.25) is 0 Å². The topological polar surface area (TPSA) is 48.1 Å². The van der Waals surface area contributed by atoms with Gasteiger partial charge in [0.25, 0.3) is 0 Å². The van der Waals surface area contributed by atoms with Gasteiger partial charge in [0.1, 0.15) is 0 Å². The first-order valence-electron chi connectivity index (χ1n) is 4.52. The lowest BCUT2D eigenvalue weighted by Crippen LogP contribution is -2.21. The van der Waals surface area contributed by atoms with Crippen molar-refractivity contribution in [2.24, 2.45) is 11.7 Å². The molecule has 4 heteroatoms. The Morgan fingerprint density at radius 3 is 3.15 bits per heavy atom. The van der Waals surface area contributed by atoms with Gasteiger partial charge in [0, 0.05) is 17.9 Å². The molecule has 1 fully saturated rings. The van der Waals surface area contributed by atoms with Crippen LogP contribution in [0.3, 0.4) is 0 Å². The zero-order valence-corrected chi connectivity index (χ0v) is 8.51. The number of nitrogens with two attached hydrogens (primary N) is 1. The molecule has 1 aliphatic heterocycles. The molecule has 1 aromatic heterocycles. The molecule has 2 N–H and O–H groups in total. The lowest BCUT2D eigenvalue weighted by atomic mass is 9.98. The summed E-state index contributed by atoms with van der Waals surface area (Å²) < 4.78 is 5.30. The highest BCUT2D eigenvalue weighted by Gasteiger charge is 2.25. The van der Waals surface area contributed by atoms with Crippen molar-refractivity contribution in [1.29, 1.82) is 0 Å². The summed E-state index contributed by atoms with van der Waals surface area (Å²) in [5.41, 5.74) is 7.10. The van der Waals surface area contributed by atoms with Crippen LogP contribution in [0, 0.1) is 12.8 Å². The van der Waals surface area contributed by atoms with E-state index in [-0.39, 0.29) is 6.04 Å². The largest absolute Gasteiger partial charge is 0.381 e. The molecule has 0 bridgehead atoms. The van der Waals surface area contributed by atoms with E-state index in [0.717, 1.165) is 30.3 Å². The van der Waals surface area contributed by atoms with Crippen molar-refractivity contribution in [1.82, 2.24) is 4.98 Å². The molecule has 2 unspecified atom stereocenters. The maximum Gasteiger partial charge on any atom is 0.0898 e. The van der Waals surface area contributed by atoms with E-state index in [1.165, 1.54) is 0 Å². The molecule has 0 amide bonds. The van der Waals surface area contributed by atoms with Gasteiger partial charge in [-0.15, -0.1) is 11.3 Å². The molecule has 1 aliphatic rings. The van der Waals surface area contributed by atoms with Crippen molar-refractivity contribution < 1.29 is 4.74 Å². The number of rotatable bonds is 2. The van der Waals surface area contributed by atoms with Gasteiger partial charge in [0.05, 0.1) is 23.4 Å². The summed E-state index contributed by atoms with van der Waals surface area (Å²) in [4.78, 5) is 4.39. The average Bonchev–Trinajstić information content (AvgIpc) is 2.72. The number of hydrogen-bond acceptors (Lipinski definition) is 4. The van der Waals surface area contributed by atoms with E-state index < -0.39 is 0 Å². The Morgan fingerprint density at radius 2 is 2.62 bits per heavy atom. The van der Waals surface area contributed by atoms with Crippen LogP contribution in [0.2, 0.25) is 0 Å². The van der Waals surface area contributed by atoms with Crippen LogP contribution in [-0.2, 0) is 4.74 Å². The second-order valence-corrected chi connectivity index (χ2v) is 4.50. The van der Waals surface area contributed by atoms with Crippen molar-refractivity contribution >= 4 is 11.3 Å². The van der Waals surface area contributed by atoms with Crippen LogP contribution >= 0.6 is 11.3 Å². The van der Waals surface area contributed by atoms with Crippen LogP contribution in [0.1, 0.15) is 23.2 Å². The molecule has 0 aliphatic carbocycles. The Hall–Kier alpha value is -0.450. The van der Waals surface area contributed by atoms with E-state index in [1.807, 2.05) is 6.92 Å². The molecule has 2 heterocycles. The third-order valence-electron chi connectivity index (χ3n) is 2.45. The first-order chi connectivity index (χ1) is 6.27. The monoisotopic (exact) mass is 198 g/mol. The molecule has 13 heavy (non-hydrogen) atoms. The molecule has 1 saturated heterocycles. The maximum atomic E-state index is 6.08. The van der Waals surface area contributed by atoms with Crippen molar-refractivity contribution in [2.75, 3.05) is 13.2 Å². The minimum Gasteiger partial charge on any atom is -0.381 e. The van der Waals surface area contributed by atoms with Gasteiger partial charge >= 0.3 is 0 Å². The molecule has 0 radical (unpaired) electrons. The summed E-state index contributed by atoms with van der Waals surface area (Å²) in [6.07, 6.45) is 1.07. The third kappa shape index (κ3) is 1.90. The molecule has 0 saturated carbocycles. The number of nitrogens with zero attached hydrogens (tertiary/aromatic N) is 1. The molecular formula is C9H14N2OS. The summed E-state index contributed by atoms with van der Waals surface area (Å²) in [6.45, 7) is 3.64. The average molecular weight is 198 g/mol. The predicted molar refractivity (Wildman–Crippen MR) is 52.7 cm³/mol. The van der Waals surface area contributed by atoms with E-state index in [4.69, 9.17) is 10.5 Å². The Balaban J connectivity index is 2.07. The smallest absolute Gasteiger partial charge is 0.0898 e. The number of thiazole rings is 1. The fraction of sp³-hybridized carbons (Fsp3) is 0.667. The van der Waals surface area contributed by atoms with Crippen molar-refractivity contribution in [3.05, 3.63) is 16.1 Å². The van der Waals surface area contributed by atoms with E-state index in [0.29, 0.717) is 5.92 Å². The first kappa shape index (κ1) is 9.12. The Labute approximate surface area is 81.9 Å². The van der Waals surface area contributed by atoms with E-state index in [9.17, 15) is 0 Å². The second-order valence-electron chi connectivity index (χ2n) is 3.44. The minimum absolute atomic E-state index is 0.0625. The van der Waals surface area contributed by atoms with Crippen molar-refractivity contribution in [3.8, 4) is 0 Å². The van der Waals surface area contributed by atoms with Crippen LogP contribution in [0.4, 0.5) is 0 Å². The van der Waals surface area contributed by atoms with Gasteiger partial charge < -0.3 is 10.5 Å². The molecule has 0 spiro atoms. The SMILES string of the molecule is Cc1nc(C(N)C2CCOC2)cs1. The van der Waals surface area contributed by atoms with Crippen LogP contribution in [0.15, 0.2) is 5.38 Å². The molecule has 3 nitrogen and oxygen atoms in total. The summed E-state index contributed by atoms with van der Waals surface area (Å²) in [7, 11) is 0. The fourth-order valence-corrected chi connectivity index (χ4v) is 2.27. The summed E-state index contributed by atoms with van der Waals surface area (Å²) >= 11 is 1.66. The zero-order valence-electron chi connectivity index (χ0n) is 7.69. The van der Waals surface area contributed by atoms with E-state index in [1.54, 1.807) is 11.3 Å². The van der Waals surface area contributed by atoms with Gasteiger partial charge in [-0.05, 0) is 13.3 Å². The number of hydrogen-bond donors (Lipinski definition) is 1. The summed E-state index contributed by atoms with van der Waals surface area (Å²) in [5, 5.41) is 3.14. The molecule has 72 valence electrons. The summed E-state index contributed by atoms with van der Waals surface area (Å²) in [5.74, 6) is 0.460. The normalized spacial score (nSPS) is 24.9. The highest BCUT2D eigenvalue weighted by atomic mass is 32.1. The highest BCUT2D eigenvalue weighted by molar-refractivity contribution is 7.09. The zero-order chi connectivity index (χ0) is 9.26. The molecule has 1 aromatic rings. The third-order valence-corrected chi connectivity index (χ3v) is 3.24. The highest BCUT2D eigenvalue weighted by Crippen LogP contribution is 2.27. The van der Waals surface area contributed by atoms with Gasteiger partial charge in [-0.1, -0.05) is 0 Å². The Bertz CT molecular complexity index is 281. The number of aryl methyl sites for hydroxylation is 1. The lowest BCUT2D eigenvalue weighted by molar-refractivity contribution is 0.180. The van der Waals surface area contributed by atoms with Gasteiger partial charge in [-0.2, -0.15) is 0 Å². The van der Waals surface area contributed by atoms with Crippen LogP contribution in [-0.4, -0.2) is 18.2 Å². The van der Waals surface area contributed by atoms with Gasteiger partial charge in [-0.25, -0.2) is 4.98 Å². The van der Waals surface area contributed by atoms with Gasteiger partial charge in [0.15, 0.2) is 0 Å². The van der Waals surface area contributed by atoms with Crippen LogP contribution < -0.4 is 5.73 Å². The Morgan fingerprint density at radius 1 is 1.77 bits per heavy atom. The Kier molecular flexibility index (Phi) is 2.62. The van der Waals surface area contributed by atoms with Crippen LogP contribution in [0.25, 0.3) is 0 Å². The first-order valence-corrected chi connectivity index (χ1v) is 5.40. The lowest BCUT2D eigenvalue weighted by Gasteiger charge is -2.14. The summed E-state index contributed by atoms with van der Waals surface area (Å²) in [6, 6.07) is 0.0625. The standard InChI is InChI=1S/C9H14N2OS/c1-6-11-8(5-13-6)9(10)7-2-3-12-4-7/h5,7,9H,2-4,10H2,1H3. The van der Waals surface area contributed by atoms with Crippen molar-refractivity contribution in [2.45, 2.75) is 19.4 Å². The van der Waals surface area contributed by atoms with Crippen LogP contribution in [0.5, 0.6) is 0 Å².